The fourth-order valence-corrected chi connectivity index (χ4v) is 2.87. The molecule has 11 heteroatoms. The Morgan fingerprint density at radius 1 is 1.00 bits per heavy atom. The van der Waals surface area contributed by atoms with E-state index in [1.807, 2.05) is 0 Å². The minimum absolute atomic E-state index is 6.31. The Balaban J connectivity index is 5.68. The first-order chi connectivity index (χ1) is 4.50. The molecule has 0 aliphatic rings. The molecule has 0 aliphatic carbocycles. The van der Waals surface area contributed by atoms with E-state index in [4.69, 9.17) is 4.89 Å². The van der Waals surface area contributed by atoms with E-state index in [0.717, 1.165) is 0 Å². The third-order valence-electron chi connectivity index (χ3n) is 0.551. The van der Waals surface area contributed by atoms with Crippen molar-refractivity contribution in [1.29, 1.82) is 0 Å². The summed E-state index contributed by atoms with van der Waals surface area (Å²) in [6.45, 7) is 0. The zero-order valence-electron chi connectivity index (χ0n) is 4.51. The van der Waals surface area contributed by atoms with Gasteiger partial charge < -0.3 is 4.89 Å². The lowest BCUT2D eigenvalue weighted by Gasteiger charge is -1.97. The predicted octanol–water partition coefficient (Wildman–Crippen LogP) is -0.315. The van der Waals surface area contributed by atoms with E-state index in [2.05, 4.69) is 0 Å². The second-order valence-electron chi connectivity index (χ2n) is 1.29. The van der Waals surface area contributed by atoms with E-state index in [-0.39, 0.29) is 0 Å². The average Bonchev–Trinajstić information content (AvgIpc) is 1.58. The first kappa shape index (κ1) is 11.0. The van der Waals surface area contributed by atoms with Crippen LogP contribution in [0.15, 0.2) is 0 Å². The van der Waals surface area contributed by atoms with Gasteiger partial charge in [0.1, 0.15) is 0 Å². The van der Waals surface area contributed by atoms with E-state index in [0.29, 0.717) is 0 Å². The summed E-state index contributed by atoms with van der Waals surface area (Å²) in [6, 6.07) is 0. The fourth-order valence-electron chi connectivity index (χ4n) is 0.106. The molecule has 0 bridgehead atoms. The maximum Gasteiger partial charge on any atom is 0.484 e. The van der Waals surface area contributed by atoms with Gasteiger partial charge in [0.15, 0.2) is 0 Å². The number of rotatable bonds is 2. The van der Waals surface area contributed by atoms with Crippen LogP contribution >= 0.6 is 5.77 Å². The summed E-state index contributed by atoms with van der Waals surface area (Å²) in [6.07, 6.45) is 0. The molecule has 0 unspecified atom stereocenters. The standard InChI is InChI=1S/F2HO6PS2/c1-10(5,6)9(3,4)11(2,7)8/h(H,3,4). The molecule has 0 amide bonds. The largest absolute Gasteiger partial charge is 0.484 e. The summed E-state index contributed by atoms with van der Waals surface area (Å²) >= 11 is 0. The molecule has 68 valence electrons. The Morgan fingerprint density at radius 2 is 1.18 bits per heavy atom. The Kier molecular flexibility index (Phi) is 2.46. The Morgan fingerprint density at radius 3 is 1.18 bits per heavy atom. The zero-order valence-corrected chi connectivity index (χ0v) is 7.04. The van der Waals surface area contributed by atoms with Gasteiger partial charge >= 0.3 is 25.5 Å². The van der Waals surface area contributed by atoms with Crippen molar-refractivity contribution in [2.45, 2.75) is 0 Å². The summed E-state index contributed by atoms with van der Waals surface area (Å²) < 4.78 is 70.9. The molecule has 0 aromatic carbocycles. The lowest BCUT2D eigenvalue weighted by molar-refractivity contribution is 0.482. The van der Waals surface area contributed by atoms with Gasteiger partial charge in [-0.15, -0.1) is 0 Å². The molecular formula is HF2O6PS2. The van der Waals surface area contributed by atoms with Gasteiger partial charge in [-0.05, 0) is 0 Å². The Hall–Kier alpha value is -0.0500. The molecule has 0 saturated heterocycles. The van der Waals surface area contributed by atoms with Crippen LogP contribution in [-0.4, -0.2) is 21.7 Å². The van der Waals surface area contributed by atoms with Gasteiger partial charge in [-0.25, -0.2) is 0 Å². The van der Waals surface area contributed by atoms with Crippen LogP contribution in [0.2, 0.25) is 0 Å². The van der Waals surface area contributed by atoms with Crippen LogP contribution in [0, 0.1) is 0 Å². The summed E-state index contributed by atoms with van der Waals surface area (Å²) in [4.78, 5) is 7.82. The first-order valence-electron chi connectivity index (χ1n) is 1.72. The molecule has 0 fully saturated rings. The predicted molar refractivity (Wildman–Crippen MR) is 29.9 cm³/mol. The normalized spacial score (nSPS) is 14.8. The topological polar surface area (TPSA) is 106 Å². The van der Waals surface area contributed by atoms with Crippen molar-refractivity contribution in [3.05, 3.63) is 0 Å². The molecule has 0 atom stereocenters. The van der Waals surface area contributed by atoms with Gasteiger partial charge in [-0.1, -0.05) is 7.77 Å². The van der Waals surface area contributed by atoms with Crippen LogP contribution in [0.25, 0.3) is 0 Å². The second kappa shape index (κ2) is 2.47. The average molecular weight is 230 g/mol. The Labute approximate surface area is 60.2 Å². The van der Waals surface area contributed by atoms with Crippen molar-refractivity contribution >= 4 is 25.5 Å². The van der Waals surface area contributed by atoms with Gasteiger partial charge in [0.2, 0.25) is 0 Å². The van der Waals surface area contributed by atoms with E-state index >= 15 is 0 Å². The monoisotopic (exact) mass is 230 g/mol. The lowest BCUT2D eigenvalue weighted by atomic mass is 15.9. The van der Waals surface area contributed by atoms with Gasteiger partial charge in [0.05, 0.1) is 0 Å². The SMILES string of the molecule is O=P(O)(S(=O)(=O)F)S(=O)(=O)F. The number of hydrogen-bond donors (Lipinski definition) is 1. The highest BCUT2D eigenvalue weighted by Gasteiger charge is 2.51. The highest BCUT2D eigenvalue weighted by molar-refractivity contribution is 8.80. The summed E-state index contributed by atoms with van der Waals surface area (Å²) in [5, 5.41) is 0. The molecule has 0 radical (unpaired) electrons. The molecule has 0 saturated carbocycles. The fraction of sp³-hybridized carbons (Fsp3) is 0. The van der Waals surface area contributed by atoms with Gasteiger partial charge in [-0.3, -0.25) is 4.57 Å². The number of hydrogen-bond acceptors (Lipinski definition) is 5. The second-order valence-corrected chi connectivity index (χ2v) is 10.2. The smallest absolute Gasteiger partial charge is 0.319 e. The van der Waals surface area contributed by atoms with Crippen LogP contribution in [0.4, 0.5) is 7.77 Å². The minimum atomic E-state index is -6.45. The Bertz CT molecular complexity index is 350. The van der Waals surface area contributed by atoms with Gasteiger partial charge in [-0.2, -0.15) is 16.8 Å². The van der Waals surface area contributed by atoms with Crippen LogP contribution in [-0.2, 0) is 24.3 Å². The third kappa shape index (κ3) is 1.95. The molecule has 0 rings (SSSR count). The van der Waals surface area contributed by atoms with E-state index in [1.54, 1.807) is 0 Å². The molecule has 0 heterocycles. The van der Waals surface area contributed by atoms with Crippen LogP contribution in [0.3, 0.4) is 0 Å². The first-order valence-corrected chi connectivity index (χ1v) is 7.36. The maximum atomic E-state index is 11.5. The lowest BCUT2D eigenvalue weighted by Crippen LogP contribution is -2.00. The maximum absolute atomic E-state index is 11.5. The quantitative estimate of drug-likeness (QED) is 0.515. The molecule has 0 aromatic rings. The van der Waals surface area contributed by atoms with Crippen LogP contribution in [0.1, 0.15) is 0 Å². The van der Waals surface area contributed by atoms with Crippen molar-refractivity contribution in [1.82, 2.24) is 0 Å². The summed E-state index contributed by atoms with van der Waals surface area (Å²) in [7, 11) is -12.6. The molecule has 0 aromatic heterocycles. The zero-order chi connectivity index (χ0) is 9.50. The molecule has 0 spiro atoms. The number of halogens is 2. The highest BCUT2D eigenvalue weighted by Crippen LogP contribution is 2.56. The van der Waals surface area contributed by atoms with E-state index < -0.39 is 25.5 Å². The summed E-state index contributed by atoms with van der Waals surface area (Å²) in [5.74, 6) is -6.45. The van der Waals surface area contributed by atoms with Crippen LogP contribution in [0.5, 0.6) is 0 Å². The molecule has 1 N–H and O–H groups in total. The minimum Gasteiger partial charge on any atom is -0.319 e. The van der Waals surface area contributed by atoms with Crippen molar-refractivity contribution in [2.75, 3.05) is 0 Å². The van der Waals surface area contributed by atoms with Gasteiger partial charge in [0.25, 0.3) is 0 Å². The highest BCUT2D eigenvalue weighted by atomic mass is 33.2. The van der Waals surface area contributed by atoms with Crippen molar-refractivity contribution in [3.63, 3.8) is 0 Å². The van der Waals surface area contributed by atoms with E-state index in [1.165, 1.54) is 0 Å². The van der Waals surface area contributed by atoms with E-state index in [9.17, 15) is 29.2 Å². The molecule has 0 aliphatic heterocycles. The van der Waals surface area contributed by atoms with Crippen molar-refractivity contribution in [2.24, 2.45) is 0 Å². The van der Waals surface area contributed by atoms with Crippen LogP contribution < -0.4 is 0 Å². The van der Waals surface area contributed by atoms with Gasteiger partial charge in [0, 0.05) is 0 Å². The van der Waals surface area contributed by atoms with Crippen molar-refractivity contribution in [3.8, 4) is 0 Å². The molecule has 11 heavy (non-hydrogen) atoms. The third-order valence-corrected chi connectivity index (χ3v) is 8.17. The molecule has 6 nitrogen and oxygen atoms in total. The molecular weight excluding hydrogens is 229 g/mol. The summed E-state index contributed by atoms with van der Waals surface area (Å²) in [5.41, 5.74) is 0. The van der Waals surface area contributed by atoms with Crippen molar-refractivity contribution < 1.29 is 34.1 Å².